The van der Waals surface area contributed by atoms with Crippen molar-refractivity contribution in [1.29, 1.82) is 0 Å². The Morgan fingerprint density at radius 3 is 2.48 bits per heavy atom. The largest absolute Gasteiger partial charge is 1.00 e. The number of fused-ring (bicyclic) bond motifs is 1. The summed E-state index contributed by atoms with van der Waals surface area (Å²) in [7, 11) is -17.3. The zero-order valence-electron chi connectivity index (χ0n) is 16.9. The standard InChI is InChI=1S/C10H16N5O13P3.2Li/c11-10-13-8-7(9(17)14-10)12-3-15(8)6-1-4(16)5(26-6)2-25-30(21,22)28-31(23,24)27-29(18,19)20;;/h3-6,16H,1-2H2,(H,21,22)(H,23,24)(H2,18,19,20)(H3,11,13,14,17);;/q;2*+1/p-2/t4-,5+,6+;;/m0../s1. The molecule has 0 aromatic carbocycles. The van der Waals surface area contributed by atoms with E-state index in [1.807, 2.05) is 0 Å². The zero-order valence-corrected chi connectivity index (χ0v) is 19.6. The third-order valence-corrected chi connectivity index (χ3v) is 7.48. The molecule has 2 aromatic heterocycles. The summed E-state index contributed by atoms with van der Waals surface area (Å²) in [5.74, 6) is -0.207. The fourth-order valence-corrected chi connectivity index (χ4v) is 5.57. The van der Waals surface area contributed by atoms with Crippen molar-refractivity contribution >= 4 is 40.6 Å². The van der Waals surface area contributed by atoms with Crippen molar-refractivity contribution < 1.29 is 94.0 Å². The Morgan fingerprint density at radius 2 is 1.88 bits per heavy atom. The number of phosphoric ester groups is 1. The summed E-state index contributed by atoms with van der Waals surface area (Å²) in [4.78, 5) is 61.5. The van der Waals surface area contributed by atoms with Gasteiger partial charge in [-0.05, 0) is 0 Å². The number of phosphoric acid groups is 3. The van der Waals surface area contributed by atoms with Crippen molar-refractivity contribution in [2.24, 2.45) is 0 Å². The van der Waals surface area contributed by atoms with E-state index in [0.717, 1.165) is 0 Å². The van der Waals surface area contributed by atoms with Crippen LogP contribution in [0.15, 0.2) is 11.1 Å². The average molecular weight is 519 g/mol. The fraction of sp³-hybridized carbons (Fsp3) is 0.500. The molecule has 1 aliphatic heterocycles. The molecule has 2 unspecified atom stereocenters. The molecule has 1 aliphatic rings. The van der Waals surface area contributed by atoms with Crippen LogP contribution in [0.3, 0.4) is 0 Å². The summed E-state index contributed by atoms with van der Waals surface area (Å²) < 4.78 is 51.1. The number of nitrogens with one attached hydrogen (secondary N) is 1. The van der Waals surface area contributed by atoms with E-state index in [2.05, 4.69) is 28.1 Å². The molecule has 2 aromatic rings. The molecule has 0 aliphatic carbocycles. The summed E-state index contributed by atoms with van der Waals surface area (Å²) in [5, 5.41) is 10.1. The van der Waals surface area contributed by atoms with E-state index in [4.69, 9.17) is 20.3 Å². The first kappa shape index (κ1) is 30.7. The van der Waals surface area contributed by atoms with Crippen molar-refractivity contribution in [3.8, 4) is 0 Å². The fourth-order valence-electron chi connectivity index (χ4n) is 2.65. The molecule has 0 spiro atoms. The van der Waals surface area contributed by atoms with Gasteiger partial charge < -0.3 is 39.7 Å². The van der Waals surface area contributed by atoms with Gasteiger partial charge >= 0.3 is 45.5 Å². The van der Waals surface area contributed by atoms with E-state index in [0.29, 0.717) is 0 Å². The molecule has 1 fully saturated rings. The van der Waals surface area contributed by atoms with Gasteiger partial charge in [-0.25, -0.2) is 18.2 Å². The molecule has 6 N–H and O–H groups in total. The number of hydrogen-bond acceptors (Lipinski definition) is 14. The van der Waals surface area contributed by atoms with Crippen LogP contribution in [0.2, 0.25) is 0 Å². The Morgan fingerprint density at radius 1 is 1.24 bits per heavy atom. The number of imidazole rings is 1. The number of aromatic amines is 1. The molecule has 174 valence electrons. The van der Waals surface area contributed by atoms with Crippen LogP contribution in [0.4, 0.5) is 5.95 Å². The van der Waals surface area contributed by atoms with Crippen LogP contribution in [0.5, 0.6) is 0 Å². The van der Waals surface area contributed by atoms with Crippen LogP contribution < -0.4 is 58.8 Å². The number of rotatable bonds is 8. The van der Waals surface area contributed by atoms with Gasteiger partial charge in [0.05, 0.1) is 19.0 Å². The van der Waals surface area contributed by atoms with Crippen molar-refractivity contribution in [3.63, 3.8) is 0 Å². The minimum absolute atomic E-state index is 0. The van der Waals surface area contributed by atoms with Crippen LogP contribution in [0.25, 0.3) is 11.2 Å². The first-order chi connectivity index (χ1) is 14.2. The van der Waals surface area contributed by atoms with E-state index in [1.54, 1.807) is 0 Å². The number of aliphatic hydroxyl groups excluding tert-OH is 1. The number of ether oxygens (including phenoxy) is 1. The van der Waals surface area contributed by atoms with Gasteiger partial charge in [-0.3, -0.25) is 23.5 Å². The summed E-state index contributed by atoms with van der Waals surface area (Å²) in [6, 6.07) is 0. The number of nitrogens with two attached hydrogens (primary N) is 1. The summed E-state index contributed by atoms with van der Waals surface area (Å²) >= 11 is 0. The number of aromatic nitrogens is 4. The molecule has 0 amide bonds. The SMILES string of the molecule is Nc1nc2c(ncn2[C@H]2C[C@H](O)[C@@H](COP(=O)([O-])OP(=O)([O-])OP(=O)(O)O)O2)c(=O)[nH]1.[Li+].[Li+]. The van der Waals surface area contributed by atoms with E-state index in [9.17, 15) is 33.4 Å². The molecule has 0 bridgehead atoms. The zero-order chi connectivity index (χ0) is 23.2. The molecular weight excluding hydrogens is 505 g/mol. The minimum atomic E-state index is -5.98. The van der Waals surface area contributed by atoms with Crippen LogP contribution in [0, 0.1) is 0 Å². The van der Waals surface area contributed by atoms with E-state index >= 15 is 0 Å². The van der Waals surface area contributed by atoms with Gasteiger partial charge in [-0.1, -0.05) is 0 Å². The number of aliphatic hydroxyl groups is 1. The number of hydrogen-bond donors (Lipinski definition) is 5. The van der Waals surface area contributed by atoms with Crippen molar-refractivity contribution in [1.82, 2.24) is 19.5 Å². The normalized spacial score (nSPS) is 24.5. The van der Waals surface area contributed by atoms with E-state index < -0.39 is 54.1 Å². The molecule has 1 saturated heterocycles. The van der Waals surface area contributed by atoms with Gasteiger partial charge in [-0.15, -0.1) is 0 Å². The van der Waals surface area contributed by atoms with Crippen LogP contribution in [-0.4, -0.2) is 53.2 Å². The molecule has 23 heteroatoms. The average Bonchev–Trinajstić information content (AvgIpc) is 3.13. The molecular formula is C10H14Li2N5O13P3. The number of H-pyrrole nitrogens is 1. The van der Waals surface area contributed by atoms with Gasteiger partial charge in [0.1, 0.15) is 12.3 Å². The van der Waals surface area contributed by atoms with Gasteiger partial charge in [0.25, 0.3) is 21.2 Å². The maximum Gasteiger partial charge on any atom is 1.00 e. The second kappa shape index (κ2) is 11.2. The monoisotopic (exact) mass is 519 g/mol. The predicted molar refractivity (Wildman–Crippen MR) is 92.5 cm³/mol. The summed E-state index contributed by atoms with van der Waals surface area (Å²) in [6.07, 6.45) is -2.55. The number of nitrogen functional groups attached to an aromatic ring is 1. The van der Waals surface area contributed by atoms with Gasteiger partial charge in [0, 0.05) is 6.42 Å². The maximum atomic E-state index is 11.8. The minimum Gasteiger partial charge on any atom is -0.756 e. The second-order valence-corrected chi connectivity index (χ2v) is 10.4. The third kappa shape index (κ3) is 8.10. The van der Waals surface area contributed by atoms with Gasteiger partial charge in [0.15, 0.2) is 11.2 Å². The molecule has 3 heterocycles. The summed E-state index contributed by atoms with van der Waals surface area (Å²) in [6.45, 7) is -0.933. The Hall–Kier alpha value is -0.325. The van der Waals surface area contributed by atoms with E-state index in [-0.39, 0.29) is 61.3 Å². The Labute approximate surface area is 207 Å². The van der Waals surface area contributed by atoms with E-state index in [1.165, 1.54) is 10.9 Å². The van der Waals surface area contributed by atoms with Crippen molar-refractivity contribution in [3.05, 3.63) is 16.7 Å². The summed E-state index contributed by atoms with van der Waals surface area (Å²) in [5.41, 5.74) is 4.82. The first-order valence-corrected chi connectivity index (χ1v) is 12.4. The Kier molecular flexibility index (Phi) is 10.4. The number of anilines is 1. The topological polar surface area (TPSA) is 285 Å². The molecule has 33 heavy (non-hydrogen) atoms. The molecule has 5 atom stereocenters. The van der Waals surface area contributed by atoms with Gasteiger partial charge in [0.2, 0.25) is 5.95 Å². The Bertz CT molecular complexity index is 1190. The number of nitrogens with zero attached hydrogens (tertiary/aromatic N) is 3. The van der Waals surface area contributed by atoms with Crippen LogP contribution in [-0.2, 0) is 31.6 Å². The van der Waals surface area contributed by atoms with Crippen molar-refractivity contribution in [2.75, 3.05) is 12.3 Å². The maximum absolute atomic E-state index is 11.8. The van der Waals surface area contributed by atoms with Crippen LogP contribution >= 0.6 is 23.5 Å². The van der Waals surface area contributed by atoms with Gasteiger partial charge in [-0.2, -0.15) is 4.98 Å². The Balaban J connectivity index is 0.00000272. The van der Waals surface area contributed by atoms with Crippen LogP contribution in [0.1, 0.15) is 12.6 Å². The van der Waals surface area contributed by atoms with Crippen molar-refractivity contribution in [2.45, 2.75) is 24.9 Å². The smallest absolute Gasteiger partial charge is 0.756 e. The first-order valence-electron chi connectivity index (χ1n) is 7.96. The molecule has 0 radical (unpaired) electrons. The predicted octanol–water partition coefficient (Wildman–Crippen LogP) is -8.56. The molecule has 18 nitrogen and oxygen atoms in total. The third-order valence-electron chi connectivity index (χ3n) is 3.77. The second-order valence-electron chi connectivity index (χ2n) is 6.05. The molecule has 3 rings (SSSR count). The quantitative estimate of drug-likeness (QED) is 0.160. The molecule has 0 saturated carbocycles.